The Morgan fingerprint density at radius 3 is 3.05 bits per heavy atom. The van der Waals surface area contributed by atoms with Crippen LogP contribution in [-0.4, -0.2) is 32.3 Å². The highest BCUT2D eigenvalue weighted by Gasteiger charge is 2.32. The molecular formula is C13H16N4O2. The number of nitrogens with zero attached hydrogens (tertiary/aromatic N) is 3. The highest BCUT2D eigenvalue weighted by molar-refractivity contribution is 5.92. The molecule has 19 heavy (non-hydrogen) atoms. The number of rotatable bonds is 2. The van der Waals surface area contributed by atoms with Crippen molar-refractivity contribution in [3.8, 4) is 0 Å². The zero-order valence-corrected chi connectivity index (χ0v) is 10.8. The minimum atomic E-state index is -0.101. The van der Waals surface area contributed by atoms with Crippen LogP contribution in [0, 0.1) is 6.92 Å². The molecule has 1 unspecified atom stereocenters. The molecule has 100 valence electrons. The van der Waals surface area contributed by atoms with Gasteiger partial charge < -0.3 is 14.3 Å². The Hall–Kier alpha value is -2.11. The Kier molecular flexibility index (Phi) is 3.06. The Morgan fingerprint density at radius 1 is 1.47 bits per heavy atom. The Bertz CT molecular complexity index is 561. The first-order valence-electron chi connectivity index (χ1n) is 6.47. The van der Waals surface area contributed by atoms with Crippen molar-refractivity contribution in [1.82, 2.24) is 19.9 Å². The number of hydrogen-bond acceptors (Lipinski definition) is 4. The molecule has 1 aliphatic heterocycles. The fourth-order valence-corrected chi connectivity index (χ4v) is 2.56. The molecule has 1 amide bonds. The second kappa shape index (κ2) is 4.87. The predicted octanol–water partition coefficient (Wildman–Crippen LogP) is 2.07. The van der Waals surface area contributed by atoms with Crippen LogP contribution >= 0.6 is 0 Å². The first kappa shape index (κ1) is 12.0. The van der Waals surface area contributed by atoms with E-state index in [2.05, 4.69) is 15.0 Å². The van der Waals surface area contributed by atoms with Crippen LogP contribution in [0.25, 0.3) is 0 Å². The van der Waals surface area contributed by atoms with E-state index in [1.165, 1.54) is 6.39 Å². The van der Waals surface area contributed by atoms with Crippen LogP contribution in [0.2, 0.25) is 0 Å². The average molecular weight is 260 g/mol. The molecule has 1 aliphatic rings. The molecule has 2 aromatic rings. The fraction of sp³-hybridized carbons (Fsp3) is 0.462. The summed E-state index contributed by atoms with van der Waals surface area (Å²) in [7, 11) is 0. The Balaban J connectivity index is 1.89. The number of H-pyrrole nitrogens is 1. The van der Waals surface area contributed by atoms with E-state index in [0.29, 0.717) is 11.5 Å². The number of hydrogen-bond donors (Lipinski definition) is 1. The topological polar surface area (TPSA) is 75.0 Å². The molecule has 0 aliphatic carbocycles. The lowest BCUT2D eigenvalue weighted by molar-refractivity contribution is 0.0567. The third-order valence-corrected chi connectivity index (χ3v) is 3.54. The maximum atomic E-state index is 12.5. The molecule has 1 fully saturated rings. The van der Waals surface area contributed by atoms with Crippen LogP contribution in [0.15, 0.2) is 23.2 Å². The number of nitrogens with one attached hydrogen (secondary N) is 1. The first-order valence-corrected chi connectivity index (χ1v) is 6.47. The molecule has 1 N–H and O–H groups in total. The van der Waals surface area contributed by atoms with Gasteiger partial charge in [-0.25, -0.2) is 9.97 Å². The number of amides is 1. The lowest BCUT2D eigenvalue weighted by Crippen LogP contribution is -2.39. The van der Waals surface area contributed by atoms with Crippen molar-refractivity contribution in [3.05, 3.63) is 36.1 Å². The molecule has 0 saturated carbocycles. The maximum absolute atomic E-state index is 12.5. The van der Waals surface area contributed by atoms with Crippen LogP contribution in [0.1, 0.15) is 47.4 Å². The fourth-order valence-electron chi connectivity index (χ4n) is 2.56. The minimum absolute atomic E-state index is 0.000694. The van der Waals surface area contributed by atoms with Crippen LogP contribution in [0.5, 0.6) is 0 Å². The SMILES string of the molecule is Cc1ncoc1C(=O)N1CCCCC1c1ncc[nH]1. The highest BCUT2D eigenvalue weighted by atomic mass is 16.3. The highest BCUT2D eigenvalue weighted by Crippen LogP contribution is 2.30. The quantitative estimate of drug-likeness (QED) is 0.897. The number of aryl methyl sites for hydroxylation is 1. The van der Waals surface area contributed by atoms with E-state index >= 15 is 0 Å². The van der Waals surface area contributed by atoms with Gasteiger partial charge in [-0.1, -0.05) is 0 Å². The number of imidazole rings is 1. The summed E-state index contributed by atoms with van der Waals surface area (Å²) in [6.45, 7) is 2.51. The summed E-state index contributed by atoms with van der Waals surface area (Å²) in [5, 5.41) is 0. The number of piperidine rings is 1. The van der Waals surface area contributed by atoms with Crippen molar-refractivity contribution in [2.24, 2.45) is 0 Å². The van der Waals surface area contributed by atoms with E-state index in [-0.39, 0.29) is 11.9 Å². The normalized spacial score (nSPS) is 19.6. The van der Waals surface area contributed by atoms with E-state index < -0.39 is 0 Å². The Morgan fingerprint density at radius 2 is 2.37 bits per heavy atom. The molecule has 0 aromatic carbocycles. The van der Waals surface area contributed by atoms with Gasteiger partial charge in [0, 0.05) is 18.9 Å². The molecule has 3 rings (SSSR count). The second-order valence-corrected chi connectivity index (χ2v) is 4.75. The number of carbonyl (C=O) groups excluding carboxylic acids is 1. The number of carbonyl (C=O) groups is 1. The Labute approximate surface area is 110 Å². The molecule has 0 bridgehead atoms. The largest absolute Gasteiger partial charge is 0.438 e. The third kappa shape index (κ3) is 2.14. The first-order chi connectivity index (χ1) is 9.27. The standard InChI is InChI=1S/C13H16N4O2/c1-9-11(19-8-16-9)13(18)17-7-3-2-4-10(17)12-14-5-6-15-12/h5-6,8,10H,2-4,7H2,1H3,(H,14,15). The summed E-state index contributed by atoms with van der Waals surface area (Å²) in [6.07, 6.45) is 7.85. The number of oxazole rings is 1. The molecule has 6 heteroatoms. The monoisotopic (exact) mass is 260 g/mol. The molecule has 0 spiro atoms. The van der Waals surface area contributed by atoms with Gasteiger partial charge in [-0.3, -0.25) is 4.79 Å². The summed E-state index contributed by atoms with van der Waals surface area (Å²) in [6, 6.07) is 0.000694. The van der Waals surface area contributed by atoms with Gasteiger partial charge in [0.15, 0.2) is 6.39 Å². The molecular weight excluding hydrogens is 244 g/mol. The molecule has 0 radical (unpaired) electrons. The predicted molar refractivity (Wildman–Crippen MR) is 67.5 cm³/mol. The lowest BCUT2D eigenvalue weighted by atomic mass is 10.0. The summed E-state index contributed by atoms with van der Waals surface area (Å²) in [4.78, 5) is 25.7. The van der Waals surface area contributed by atoms with Gasteiger partial charge in [-0.05, 0) is 26.2 Å². The van der Waals surface area contributed by atoms with Gasteiger partial charge in [-0.2, -0.15) is 0 Å². The molecule has 1 saturated heterocycles. The zero-order chi connectivity index (χ0) is 13.2. The van der Waals surface area contributed by atoms with Gasteiger partial charge in [0.25, 0.3) is 5.91 Å². The number of aromatic nitrogens is 3. The summed E-state index contributed by atoms with van der Waals surface area (Å²) in [5.41, 5.74) is 0.633. The van der Waals surface area contributed by atoms with E-state index in [0.717, 1.165) is 31.6 Å². The van der Waals surface area contributed by atoms with Gasteiger partial charge in [0.2, 0.25) is 5.76 Å². The van der Waals surface area contributed by atoms with E-state index in [4.69, 9.17) is 4.42 Å². The number of aromatic amines is 1. The maximum Gasteiger partial charge on any atom is 0.292 e. The lowest BCUT2D eigenvalue weighted by Gasteiger charge is -2.33. The molecule has 2 aromatic heterocycles. The number of likely N-dealkylation sites (tertiary alicyclic amines) is 1. The smallest absolute Gasteiger partial charge is 0.292 e. The second-order valence-electron chi connectivity index (χ2n) is 4.75. The zero-order valence-electron chi connectivity index (χ0n) is 10.8. The summed E-state index contributed by atoms with van der Waals surface area (Å²) in [5.74, 6) is 1.07. The van der Waals surface area contributed by atoms with Gasteiger partial charge in [0.1, 0.15) is 5.82 Å². The van der Waals surface area contributed by atoms with E-state index in [1.54, 1.807) is 19.3 Å². The van der Waals surface area contributed by atoms with Crippen molar-refractivity contribution in [3.63, 3.8) is 0 Å². The van der Waals surface area contributed by atoms with Crippen LogP contribution in [0.3, 0.4) is 0 Å². The van der Waals surface area contributed by atoms with Crippen LogP contribution < -0.4 is 0 Å². The van der Waals surface area contributed by atoms with Crippen LogP contribution in [0.4, 0.5) is 0 Å². The molecule has 1 atom stereocenters. The van der Waals surface area contributed by atoms with E-state index in [9.17, 15) is 4.79 Å². The molecule has 3 heterocycles. The molecule has 6 nitrogen and oxygen atoms in total. The van der Waals surface area contributed by atoms with Gasteiger partial charge >= 0.3 is 0 Å². The van der Waals surface area contributed by atoms with Gasteiger partial charge in [-0.15, -0.1) is 0 Å². The van der Waals surface area contributed by atoms with Crippen molar-refractivity contribution in [2.75, 3.05) is 6.54 Å². The third-order valence-electron chi connectivity index (χ3n) is 3.54. The van der Waals surface area contributed by atoms with Crippen molar-refractivity contribution in [1.29, 1.82) is 0 Å². The van der Waals surface area contributed by atoms with Crippen LogP contribution in [-0.2, 0) is 0 Å². The summed E-state index contributed by atoms with van der Waals surface area (Å²) >= 11 is 0. The summed E-state index contributed by atoms with van der Waals surface area (Å²) < 4.78 is 5.21. The van der Waals surface area contributed by atoms with E-state index in [1.807, 2.05) is 4.90 Å². The van der Waals surface area contributed by atoms with Crippen molar-refractivity contribution in [2.45, 2.75) is 32.2 Å². The van der Waals surface area contributed by atoms with Crippen molar-refractivity contribution < 1.29 is 9.21 Å². The van der Waals surface area contributed by atoms with Crippen molar-refractivity contribution >= 4 is 5.91 Å². The van der Waals surface area contributed by atoms with Gasteiger partial charge in [0.05, 0.1) is 11.7 Å². The average Bonchev–Trinajstić information content (AvgIpc) is 3.09. The minimum Gasteiger partial charge on any atom is -0.438 e.